The molecule has 0 heterocycles. The van der Waals surface area contributed by atoms with Crippen LogP contribution in [-0.4, -0.2) is 11.1 Å². The van der Waals surface area contributed by atoms with Crippen LogP contribution >= 0.6 is 0 Å². The van der Waals surface area contributed by atoms with Crippen LogP contribution in [-0.2, 0) is 4.79 Å². The maximum Gasteiger partial charge on any atom is 0.332 e. The molecule has 3 aromatic carbocycles. The summed E-state index contributed by atoms with van der Waals surface area (Å²) in [5.74, 6) is -1.05. The molecule has 0 aliphatic carbocycles. The van der Waals surface area contributed by atoms with Gasteiger partial charge in [0, 0.05) is 21.6 Å². The molecule has 3 rings (SSSR count). The molecule has 3 heteroatoms. The van der Waals surface area contributed by atoms with Gasteiger partial charge in [-0.25, -0.2) is 4.79 Å². The van der Waals surface area contributed by atoms with E-state index in [-0.39, 0.29) is 11.0 Å². The lowest BCUT2D eigenvalue weighted by molar-refractivity contribution is -0.130. The van der Waals surface area contributed by atoms with Crippen molar-refractivity contribution >= 4 is 33.1 Å². The van der Waals surface area contributed by atoms with Crippen LogP contribution in [0.4, 0.5) is 0 Å². The fraction of sp³-hybridized carbons (Fsp3) is 0.0667. The first-order valence-electron chi connectivity index (χ1n) is 5.62. The van der Waals surface area contributed by atoms with Crippen molar-refractivity contribution < 1.29 is 9.90 Å². The van der Waals surface area contributed by atoms with Crippen molar-refractivity contribution in [2.45, 2.75) is 6.92 Å². The molecule has 0 radical (unpaired) electrons. The van der Waals surface area contributed by atoms with Crippen LogP contribution in [0.1, 0.15) is 6.92 Å². The van der Waals surface area contributed by atoms with E-state index in [9.17, 15) is 9.59 Å². The third-order valence-corrected chi connectivity index (χ3v) is 3.34. The van der Waals surface area contributed by atoms with Crippen molar-refractivity contribution in [2.24, 2.45) is 0 Å². The van der Waals surface area contributed by atoms with Gasteiger partial charge in [-0.05, 0) is 17.7 Å². The maximum absolute atomic E-state index is 12.3. The first-order valence-corrected chi connectivity index (χ1v) is 5.62. The molecule has 0 aliphatic rings. The third kappa shape index (κ3) is 1.24. The lowest BCUT2D eigenvalue weighted by Gasteiger charge is -1.96. The highest BCUT2D eigenvalue weighted by molar-refractivity contribution is 6.16. The van der Waals surface area contributed by atoms with E-state index in [1.165, 1.54) is 6.92 Å². The minimum Gasteiger partial charge on any atom is -0.478 e. The van der Waals surface area contributed by atoms with Crippen LogP contribution in [0.25, 0.3) is 27.1 Å². The van der Waals surface area contributed by atoms with Crippen LogP contribution in [0.2, 0.25) is 0 Å². The van der Waals surface area contributed by atoms with Crippen LogP contribution < -0.4 is 10.6 Å². The van der Waals surface area contributed by atoms with Crippen molar-refractivity contribution in [3.63, 3.8) is 0 Å². The van der Waals surface area contributed by atoms with Gasteiger partial charge >= 0.3 is 5.97 Å². The van der Waals surface area contributed by atoms with E-state index >= 15 is 0 Å². The molecule has 0 amide bonds. The number of carbonyl (C=O) groups is 1. The topological polar surface area (TPSA) is 54.4 Å². The van der Waals surface area contributed by atoms with Crippen molar-refractivity contribution in [3.8, 4) is 0 Å². The number of carboxylic acids is 1. The zero-order valence-electron chi connectivity index (χ0n) is 9.73. The molecule has 0 saturated carbocycles. The second kappa shape index (κ2) is 3.53. The Morgan fingerprint density at radius 3 is 2.28 bits per heavy atom. The van der Waals surface area contributed by atoms with Crippen LogP contribution in [0.5, 0.6) is 0 Å². The zero-order valence-corrected chi connectivity index (χ0v) is 9.73. The molecule has 0 saturated heterocycles. The predicted molar refractivity (Wildman–Crippen MR) is 70.8 cm³/mol. The van der Waals surface area contributed by atoms with Gasteiger partial charge in [0.2, 0.25) is 0 Å². The Morgan fingerprint density at radius 1 is 1.06 bits per heavy atom. The monoisotopic (exact) mass is 238 g/mol. The zero-order chi connectivity index (χ0) is 12.9. The Morgan fingerprint density at radius 2 is 1.67 bits per heavy atom. The van der Waals surface area contributed by atoms with E-state index in [1.807, 2.05) is 24.3 Å². The van der Waals surface area contributed by atoms with Gasteiger partial charge in [0.1, 0.15) is 0 Å². The first kappa shape index (κ1) is 10.7. The average Bonchev–Trinajstić information content (AvgIpc) is 2.65. The van der Waals surface area contributed by atoms with E-state index in [4.69, 9.17) is 5.11 Å². The molecule has 0 aromatic heterocycles. The van der Waals surface area contributed by atoms with Crippen molar-refractivity contribution in [2.75, 3.05) is 0 Å². The SMILES string of the molecule is CC(C(=O)O)=c1c(=O)c2cccc3cccc1c32. The summed E-state index contributed by atoms with van der Waals surface area (Å²) in [6.07, 6.45) is 0. The summed E-state index contributed by atoms with van der Waals surface area (Å²) in [5, 5.41) is 12.6. The maximum atomic E-state index is 12.3. The van der Waals surface area contributed by atoms with Gasteiger partial charge in [0.15, 0.2) is 5.43 Å². The van der Waals surface area contributed by atoms with E-state index in [2.05, 4.69) is 0 Å². The lowest BCUT2D eigenvalue weighted by Crippen LogP contribution is -2.24. The van der Waals surface area contributed by atoms with Gasteiger partial charge in [-0.3, -0.25) is 4.79 Å². The van der Waals surface area contributed by atoms with Crippen molar-refractivity contribution in [1.29, 1.82) is 0 Å². The van der Waals surface area contributed by atoms with Crippen molar-refractivity contribution in [1.82, 2.24) is 0 Å². The number of rotatable bonds is 1. The minimum atomic E-state index is -1.05. The molecular formula is C15H10O3. The van der Waals surface area contributed by atoms with E-state index < -0.39 is 5.97 Å². The largest absolute Gasteiger partial charge is 0.478 e. The fourth-order valence-electron chi connectivity index (χ4n) is 2.47. The number of hydrogen-bond acceptors (Lipinski definition) is 2. The first-order chi connectivity index (χ1) is 8.61. The molecule has 0 atom stereocenters. The number of hydrogen-bond donors (Lipinski definition) is 1. The number of aliphatic carboxylic acids is 1. The van der Waals surface area contributed by atoms with Gasteiger partial charge in [-0.15, -0.1) is 0 Å². The van der Waals surface area contributed by atoms with Gasteiger partial charge in [-0.1, -0.05) is 36.4 Å². The Bertz CT molecular complexity index is 872. The Labute approximate surface area is 102 Å². The van der Waals surface area contributed by atoms with E-state index in [1.54, 1.807) is 12.1 Å². The van der Waals surface area contributed by atoms with Crippen LogP contribution in [0.15, 0.2) is 41.2 Å². The quantitative estimate of drug-likeness (QED) is 0.703. The number of carboxylic acid groups (broad SMARTS) is 1. The Balaban J connectivity index is 2.76. The summed E-state index contributed by atoms with van der Waals surface area (Å²) in [5.41, 5.74) is -0.0922. The summed E-state index contributed by atoms with van der Waals surface area (Å²) >= 11 is 0. The predicted octanol–water partition coefficient (Wildman–Crippen LogP) is 1.77. The van der Waals surface area contributed by atoms with Gasteiger partial charge in [-0.2, -0.15) is 0 Å². The number of benzene rings is 2. The fourth-order valence-corrected chi connectivity index (χ4v) is 2.47. The highest BCUT2D eigenvalue weighted by atomic mass is 16.4. The third-order valence-electron chi connectivity index (χ3n) is 3.34. The lowest BCUT2D eigenvalue weighted by atomic mass is 10.1. The van der Waals surface area contributed by atoms with Crippen LogP contribution in [0.3, 0.4) is 0 Å². The summed E-state index contributed by atoms with van der Waals surface area (Å²) in [7, 11) is 0. The molecule has 3 nitrogen and oxygen atoms in total. The standard InChI is InChI=1S/C15H10O3/c1-8(15(17)18)12-10-6-2-4-9-5-3-7-11(13(9)10)14(12)16/h2-7H,1H3,(H,17,18). The Hall–Kier alpha value is -2.42. The van der Waals surface area contributed by atoms with E-state index in [0.29, 0.717) is 10.6 Å². The molecule has 1 N–H and O–H groups in total. The molecule has 18 heavy (non-hydrogen) atoms. The van der Waals surface area contributed by atoms with Gasteiger partial charge < -0.3 is 5.11 Å². The molecule has 3 aromatic rings. The molecule has 0 spiro atoms. The molecular weight excluding hydrogens is 228 g/mol. The minimum absolute atomic E-state index is 0.101. The highest BCUT2D eigenvalue weighted by Gasteiger charge is 2.14. The van der Waals surface area contributed by atoms with Gasteiger partial charge in [0.25, 0.3) is 0 Å². The van der Waals surface area contributed by atoms with Crippen LogP contribution in [0, 0.1) is 0 Å². The van der Waals surface area contributed by atoms with Gasteiger partial charge in [0.05, 0.1) is 0 Å². The summed E-state index contributed by atoms with van der Waals surface area (Å²) < 4.78 is 0. The normalized spacial score (nSPS) is 13.2. The van der Waals surface area contributed by atoms with Crippen molar-refractivity contribution in [3.05, 3.63) is 51.8 Å². The summed E-state index contributed by atoms with van der Waals surface area (Å²) in [4.78, 5) is 23.4. The summed E-state index contributed by atoms with van der Waals surface area (Å²) in [6.45, 7) is 1.47. The second-order valence-corrected chi connectivity index (χ2v) is 4.34. The smallest absolute Gasteiger partial charge is 0.332 e. The average molecular weight is 238 g/mol. The summed E-state index contributed by atoms with van der Waals surface area (Å²) in [6, 6.07) is 11.1. The Kier molecular flexibility index (Phi) is 2.10. The molecule has 0 bridgehead atoms. The highest BCUT2D eigenvalue weighted by Crippen LogP contribution is 2.22. The molecule has 0 unspecified atom stereocenters. The molecule has 0 aliphatic heterocycles. The van der Waals surface area contributed by atoms with E-state index in [0.717, 1.165) is 16.2 Å². The molecule has 0 fully saturated rings. The molecule has 88 valence electrons. The second-order valence-electron chi connectivity index (χ2n) is 4.34.